The number of nitrogens with two attached hydrogens (primary N) is 1. The van der Waals surface area contributed by atoms with Crippen LogP contribution < -0.4 is 5.73 Å². The lowest BCUT2D eigenvalue weighted by molar-refractivity contribution is -0.0187. The smallest absolute Gasteiger partial charge is 0.412 e. The molecule has 7 heteroatoms. The number of amides is 1. The van der Waals surface area contributed by atoms with Gasteiger partial charge in [-0.05, 0) is 58.2 Å². The molecule has 1 fully saturated rings. The third kappa shape index (κ3) is 3.83. The lowest BCUT2D eigenvalue weighted by Gasteiger charge is -2.43. The van der Waals surface area contributed by atoms with E-state index in [1.165, 1.54) is 0 Å². The molecule has 2 aromatic rings. The van der Waals surface area contributed by atoms with Crippen LogP contribution in [0.2, 0.25) is 0 Å². The van der Waals surface area contributed by atoms with Gasteiger partial charge < -0.3 is 10.5 Å². The molecule has 0 aliphatic carbocycles. The number of ether oxygens (including phenoxy) is 1. The van der Waals surface area contributed by atoms with Gasteiger partial charge in [0.2, 0.25) is 0 Å². The van der Waals surface area contributed by atoms with Gasteiger partial charge in [-0.2, -0.15) is 0 Å². The van der Waals surface area contributed by atoms with Gasteiger partial charge in [-0.3, -0.25) is 9.88 Å². The van der Waals surface area contributed by atoms with Crippen molar-refractivity contribution >= 4 is 6.09 Å². The number of rotatable bonds is 2. The topological polar surface area (TPSA) is 94.2 Å². The molecule has 1 atom stereocenters. The van der Waals surface area contributed by atoms with Crippen molar-refractivity contribution in [3.63, 3.8) is 0 Å². The average molecular weight is 355 g/mol. The standard InChI is InChI=1S/C19H25N5O2/c1-18(2,3)26-17(25)24-13-7-5-10-19(24,20)16-22-12-9-15(23-16)14-8-4-6-11-21-14/h4,6,8-9,11-12H,5,7,10,13,20H2,1-3H3. The molecule has 1 aliphatic heterocycles. The summed E-state index contributed by atoms with van der Waals surface area (Å²) >= 11 is 0. The molecule has 26 heavy (non-hydrogen) atoms. The molecule has 0 saturated carbocycles. The Kier molecular flexibility index (Phi) is 4.91. The second-order valence-corrected chi connectivity index (χ2v) is 7.49. The number of likely N-dealkylation sites (tertiary alicyclic amines) is 1. The van der Waals surface area contributed by atoms with Gasteiger partial charge in [0.1, 0.15) is 5.60 Å². The predicted octanol–water partition coefficient (Wildman–Crippen LogP) is 3.07. The Morgan fingerprint density at radius 1 is 1.15 bits per heavy atom. The van der Waals surface area contributed by atoms with E-state index in [1.807, 2.05) is 39.0 Å². The van der Waals surface area contributed by atoms with Crippen LogP contribution in [0.3, 0.4) is 0 Å². The number of hydrogen-bond acceptors (Lipinski definition) is 6. The van der Waals surface area contributed by atoms with Crippen LogP contribution in [0.4, 0.5) is 4.79 Å². The molecule has 138 valence electrons. The van der Waals surface area contributed by atoms with Crippen LogP contribution in [-0.4, -0.2) is 38.1 Å². The predicted molar refractivity (Wildman–Crippen MR) is 97.9 cm³/mol. The van der Waals surface area contributed by atoms with Gasteiger partial charge >= 0.3 is 6.09 Å². The molecule has 1 amide bonds. The van der Waals surface area contributed by atoms with Gasteiger partial charge in [0, 0.05) is 18.9 Å². The summed E-state index contributed by atoms with van der Waals surface area (Å²) in [6.45, 7) is 6.03. The fourth-order valence-corrected chi connectivity index (χ4v) is 3.03. The summed E-state index contributed by atoms with van der Waals surface area (Å²) in [4.78, 5) is 27.6. The van der Waals surface area contributed by atoms with Gasteiger partial charge in [-0.15, -0.1) is 0 Å². The van der Waals surface area contributed by atoms with E-state index in [0.717, 1.165) is 18.5 Å². The van der Waals surface area contributed by atoms with E-state index in [4.69, 9.17) is 10.5 Å². The summed E-state index contributed by atoms with van der Waals surface area (Å²) in [7, 11) is 0. The van der Waals surface area contributed by atoms with E-state index in [0.29, 0.717) is 24.5 Å². The molecular formula is C19H25N5O2. The lowest BCUT2D eigenvalue weighted by Crippen LogP contribution is -2.59. The van der Waals surface area contributed by atoms with Gasteiger partial charge in [0.15, 0.2) is 11.5 Å². The minimum atomic E-state index is -1.09. The third-order valence-corrected chi connectivity index (χ3v) is 4.26. The van der Waals surface area contributed by atoms with E-state index < -0.39 is 17.4 Å². The van der Waals surface area contributed by atoms with Crippen LogP contribution in [0.1, 0.15) is 45.9 Å². The van der Waals surface area contributed by atoms with E-state index in [9.17, 15) is 4.79 Å². The number of hydrogen-bond donors (Lipinski definition) is 1. The van der Waals surface area contributed by atoms with Crippen LogP contribution in [-0.2, 0) is 10.4 Å². The maximum Gasteiger partial charge on any atom is 0.412 e. The zero-order valence-electron chi connectivity index (χ0n) is 15.5. The van der Waals surface area contributed by atoms with Crippen molar-refractivity contribution in [2.75, 3.05) is 6.54 Å². The summed E-state index contributed by atoms with van der Waals surface area (Å²) in [5, 5.41) is 0. The fraction of sp³-hybridized carbons (Fsp3) is 0.474. The van der Waals surface area contributed by atoms with Crippen LogP contribution in [0, 0.1) is 0 Å². The molecule has 7 nitrogen and oxygen atoms in total. The van der Waals surface area contributed by atoms with Crippen molar-refractivity contribution in [1.29, 1.82) is 0 Å². The fourth-order valence-electron chi connectivity index (χ4n) is 3.03. The molecule has 0 spiro atoms. The molecule has 2 N–H and O–H groups in total. The second-order valence-electron chi connectivity index (χ2n) is 7.49. The Bertz CT molecular complexity index is 775. The van der Waals surface area contributed by atoms with Gasteiger partial charge in [0.05, 0.1) is 11.4 Å². The highest BCUT2D eigenvalue weighted by atomic mass is 16.6. The summed E-state index contributed by atoms with van der Waals surface area (Å²) in [6.07, 6.45) is 5.28. The number of pyridine rings is 1. The molecule has 1 saturated heterocycles. The second kappa shape index (κ2) is 6.99. The largest absolute Gasteiger partial charge is 0.444 e. The number of carbonyl (C=O) groups is 1. The highest BCUT2D eigenvalue weighted by Crippen LogP contribution is 2.33. The van der Waals surface area contributed by atoms with E-state index in [1.54, 1.807) is 23.4 Å². The highest BCUT2D eigenvalue weighted by Gasteiger charge is 2.44. The Morgan fingerprint density at radius 3 is 2.65 bits per heavy atom. The number of aromatic nitrogens is 3. The molecule has 0 radical (unpaired) electrons. The van der Waals surface area contributed by atoms with Crippen molar-refractivity contribution in [2.45, 2.75) is 51.3 Å². The maximum atomic E-state index is 12.7. The highest BCUT2D eigenvalue weighted by molar-refractivity contribution is 5.69. The number of piperidine rings is 1. The molecule has 2 aromatic heterocycles. The molecule has 3 heterocycles. The zero-order chi connectivity index (χ0) is 18.8. The van der Waals surface area contributed by atoms with Crippen LogP contribution in [0.15, 0.2) is 36.7 Å². The van der Waals surface area contributed by atoms with E-state index in [-0.39, 0.29) is 0 Å². The van der Waals surface area contributed by atoms with Crippen molar-refractivity contribution in [3.05, 3.63) is 42.5 Å². The quantitative estimate of drug-likeness (QED) is 0.890. The molecule has 1 aliphatic rings. The first-order valence-corrected chi connectivity index (χ1v) is 8.84. The van der Waals surface area contributed by atoms with Crippen molar-refractivity contribution in [3.8, 4) is 11.4 Å². The van der Waals surface area contributed by atoms with Crippen LogP contribution in [0.25, 0.3) is 11.4 Å². The van der Waals surface area contributed by atoms with E-state index >= 15 is 0 Å². The molecule has 0 aromatic carbocycles. The number of nitrogens with zero attached hydrogens (tertiary/aromatic N) is 4. The molecular weight excluding hydrogens is 330 g/mol. The summed E-state index contributed by atoms with van der Waals surface area (Å²) in [5.74, 6) is 0.409. The molecule has 0 bridgehead atoms. The van der Waals surface area contributed by atoms with E-state index in [2.05, 4.69) is 15.0 Å². The Morgan fingerprint density at radius 2 is 1.96 bits per heavy atom. The first kappa shape index (κ1) is 18.3. The normalized spacial score (nSPS) is 20.7. The summed E-state index contributed by atoms with van der Waals surface area (Å²) in [6, 6.07) is 7.41. The Balaban J connectivity index is 1.95. The summed E-state index contributed by atoms with van der Waals surface area (Å²) < 4.78 is 5.55. The monoisotopic (exact) mass is 355 g/mol. The lowest BCUT2D eigenvalue weighted by atomic mass is 9.95. The van der Waals surface area contributed by atoms with Gasteiger partial charge in [0.25, 0.3) is 0 Å². The Labute approximate surface area is 153 Å². The molecule has 3 rings (SSSR count). The number of carbonyl (C=O) groups excluding carboxylic acids is 1. The molecule has 1 unspecified atom stereocenters. The summed E-state index contributed by atoms with van der Waals surface area (Å²) in [5.41, 5.74) is 6.40. The first-order chi connectivity index (χ1) is 12.3. The third-order valence-electron chi connectivity index (χ3n) is 4.26. The van der Waals surface area contributed by atoms with Gasteiger partial charge in [-0.1, -0.05) is 6.07 Å². The minimum Gasteiger partial charge on any atom is -0.444 e. The SMILES string of the molecule is CC(C)(C)OC(=O)N1CCCCC1(N)c1nccc(-c2ccccn2)n1. The average Bonchev–Trinajstić information content (AvgIpc) is 2.61. The van der Waals surface area contributed by atoms with Crippen molar-refractivity contribution < 1.29 is 9.53 Å². The van der Waals surface area contributed by atoms with Crippen molar-refractivity contribution in [1.82, 2.24) is 19.9 Å². The zero-order valence-corrected chi connectivity index (χ0v) is 15.5. The van der Waals surface area contributed by atoms with Crippen LogP contribution in [0.5, 0.6) is 0 Å². The van der Waals surface area contributed by atoms with Crippen LogP contribution >= 0.6 is 0 Å². The Hall–Kier alpha value is -2.54. The maximum absolute atomic E-state index is 12.7. The minimum absolute atomic E-state index is 0.409. The van der Waals surface area contributed by atoms with Crippen molar-refractivity contribution in [2.24, 2.45) is 5.73 Å². The first-order valence-electron chi connectivity index (χ1n) is 8.84. The van der Waals surface area contributed by atoms with Gasteiger partial charge in [-0.25, -0.2) is 14.8 Å².